The molecular formula is C18H30N2O3. The summed E-state index contributed by atoms with van der Waals surface area (Å²) in [7, 11) is 1.61. The van der Waals surface area contributed by atoms with Gasteiger partial charge in [-0.15, -0.1) is 0 Å². The molecule has 1 rings (SSSR count). The van der Waals surface area contributed by atoms with Crippen LogP contribution in [0.25, 0.3) is 0 Å². The number of ether oxygens (including phenoxy) is 1. The Kier molecular flexibility index (Phi) is 7.33. The second kappa shape index (κ2) is 8.75. The largest absolute Gasteiger partial charge is 0.499 e. The van der Waals surface area contributed by atoms with Crippen LogP contribution in [0.5, 0.6) is 0 Å². The summed E-state index contributed by atoms with van der Waals surface area (Å²) in [4.78, 5) is 26.5. The summed E-state index contributed by atoms with van der Waals surface area (Å²) in [5.41, 5.74) is 0.629. The van der Waals surface area contributed by atoms with Gasteiger partial charge in [0.1, 0.15) is 11.8 Å². The average Bonchev–Trinajstić information content (AvgIpc) is 2.81. The Bertz CT molecular complexity index is 483. The maximum absolute atomic E-state index is 13.1. The third kappa shape index (κ3) is 4.85. The number of allylic oxidation sites excluding steroid dienone is 1. The predicted octanol–water partition coefficient (Wildman–Crippen LogP) is 2.98. The molecule has 1 heterocycles. The lowest BCUT2D eigenvalue weighted by Gasteiger charge is -2.31. The van der Waals surface area contributed by atoms with Crippen LogP contribution in [-0.2, 0) is 14.3 Å². The highest BCUT2D eigenvalue weighted by Gasteiger charge is 2.37. The summed E-state index contributed by atoms with van der Waals surface area (Å²) >= 11 is 0. The fraction of sp³-hybridized carbons (Fsp3) is 0.667. The Labute approximate surface area is 139 Å². The Morgan fingerprint density at radius 2 is 2.04 bits per heavy atom. The van der Waals surface area contributed by atoms with E-state index in [1.54, 1.807) is 18.9 Å². The molecule has 2 amide bonds. The molecule has 0 saturated carbocycles. The van der Waals surface area contributed by atoms with E-state index in [9.17, 15) is 9.59 Å². The van der Waals surface area contributed by atoms with Gasteiger partial charge in [-0.3, -0.25) is 9.59 Å². The van der Waals surface area contributed by atoms with Gasteiger partial charge in [0.2, 0.25) is 11.8 Å². The molecular weight excluding hydrogens is 292 g/mol. The molecule has 0 aromatic carbocycles. The monoisotopic (exact) mass is 322 g/mol. The number of nitrogens with one attached hydrogen (secondary N) is 1. The van der Waals surface area contributed by atoms with Crippen LogP contribution in [0.4, 0.5) is 0 Å². The van der Waals surface area contributed by atoms with Crippen molar-refractivity contribution in [3.05, 3.63) is 24.1 Å². The third-order valence-corrected chi connectivity index (χ3v) is 3.96. The second-order valence-corrected chi connectivity index (χ2v) is 6.36. The van der Waals surface area contributed by atoms with Crippen LogP contribution in [0.15, 0.2) is 24.1 Å². The molecule has 5 heteroatoms. The van der Waals surface area contributed by atoms with Gasteiger partial charge in [-0.2, -0.15) is 0 Å². The summed E-state index contributed by atoms with van der Waals surface area (Å²) in [5.74, 6) is 0.847. The fourth-order valence-corrected chi connectivity index (χ4v) is 2.85. The van der Waals surface area contributed by atoms with Crippen molar-refractivity contribution in [1.82, 2.24) is 10.2 Å². The number of carbonyl (C=O) groups is 2. The van der Waals surface area contributed by atoms with Crippen LogP contribution >= 0.6 is 0 Å². The van der Waals surface area contributed by atoms with Crippen LogP contribution in [0.2, 0.25) is 0 Å². The van der Waals surface area contributed by atoms with Gasteiger partial charge in [0.05, 0.1) is 13.2 Å². The maximum Gasteiger partial charge on any atom is 0.250 e. The molecule has 0 bridgehead atoms. The smallest absolute Gasteiger partial charge is 0.250 e. The topological polar surface area (TPSA) is 58.6 Å². The van der Waals surface area contributed by atoms with Crippen molar-refractivity contribution in [2.24, 2.45) is 5.92 Å². The molecule has 0 aliphatic carbocycles. The van der Waals surface area contributed by atoms with Crippen LogP contribution in [-0.4, -0.2) is 35.9 Å². The van der Waals surface area contributed by atoms with Crippen molar-refractivity contribution < 1.29 is 14.3 Å². The maximum atomic E-state index is 13.1. The molecule has 0 spiro atoms. The second-order valence-electron chi connectivity index (χ2n) is 6.36. The zero-order valence-electron chi connectivity index (χ0n) is 15.0. The van der Waals surface area contributed by atoms with Gasteiger partial charge in [0.25, 0.3) is 0 Å². The van der Waals surface area contributed by atoms with Gasteiger partial charge in [-0.25, -0.2) is 0 Å². The van der Waals surface area contributed by atoms with E-state index in [2.05, 4.69) is 18.8 Å². The van der Waals surface area contributed by atoms with E-state index < -0.39 is 6.04 Å². The number of carbonyl (C=O) groups excluding carboxylic acids is 2. The summed E-state index contributed by atoms with van der Waals surface area (Å²) in [6.07, 6.45) is 4.52. The van der Waals surface area contributed by atoms with Gasteiger partial charge in [0.15, 0.2) is 0 Å². The zero-order chi connectivity index (χ0) is 17.6. The Morgan fingerprint density at radius 3 is 2.52 bits per heavy atom. The number of rotatable bonds is 8. The number of hydrogen-bond acceptors (Lipinski definition) is 3. The Morgan fingerprint density at radius 1 is 1.39 bits per heavy atom. The first-order valence-electron chi connectivity index (χ1n) is 8.42. The number of amides is 2. The van der Waals surface area contributed by atoms with Gasteiger partial charge < -0.3 is 15.0 Å². The molecule has 23 heavy (non-hydrogen) atoms. The van der Waals surface area contributed by atoms with Crippen LogP contribution in [0.3, 0.4) is 0 Å². The summed E-state index contributed by atoms with van der Waals surface area (Å²) in [5, 5.41) is 2.86. The highest BCUT2D eigenvalue weighted by atomic mass is 16.5. The van der Waals surface area contributed by atoms with E-state index in [-0.39, 0.29) is 17.9 Å². The highest BCUT2D eigenvalue weighted by Crippen LogP contribution is 2.30. The zero-order valence-corrected chi connectivity index (χ0v) is 15.0. The van der Waals surface area contributed by atoms with E-state index in [1.807, 2.05) is 19.9 Å². The molecule has 0 fully saturated rings. The van der Waals surface area contributed by atoms with Gasteiger partial charge in [-0.1, -0.05) is 40.7 Å². The quantitative estimate of drug-likeness (QED) is 0.747. The number of methoxy groups -OCH3 is 1. The van der Waals surface area contributed by atoms with Crippen molar-refractivity contribution in [2.75, 3.05) is 7.11 Å². The Hall–Kier alpha value is -1.78. The van der Waals surface area contributed by atoms with Gasteiger partial charge >= 0.3 is 0 Å². The van der Waals surface area contributed by atoms with E-state index >= 15 is 0 Å². The van der Waals surface area contributed by atoms with E-state index in [4.69, 9.17) is 4.74 Å². The number of hydrogen-bond donors (Lipinski definition) is 1. The fourth-order valence-electron chi connectivity index (χ4n) is 2.85. The SMILES string of the molecule is C=C1C=C(OC)[C@@H](CCC)N1C(=O)[C@@H](CC(C)C)NC(=O)CC. The first-order chi connectivity index (χ1) is 10.8. The summed E-state index contributed by atoms with van der Waals surface area (Å²) in [6.45, 7) is 11.9. The third-order valence-electron chi connectivity index (χ3n) is 3.96. The molecule has 0 unspecified atom stereocenters. The minimum atomic E-state index is -0.525. The van der Waals surface area contributed by atoms with Crippen molar-refractivity contribution in [2.45, 2.75) is 65.5 Å². The predicted molar refractivity (Wildman–Crippen MR) is 91.5 cm³/mol. The van der Waals surface area contributed by atoms with Crippen molar-refractivity contribution in [1.29, 1.82) is 0 Å². The molecule has 1 N–H and O–H groups in total. The highest BCUT2D eigenvalue weighted by molar-refractivity contribution is 5.89. The molecule has 1 aliphatic rings. The summed E-state index contributed by atoms with van der Waals surface area (Å²) < 4.78 is 5.41. The van der Waals surface area contributed by atoms with Crippen LogP contribution < -0.4 is 5.32 Å². The molecule has 0 radical (unpaired) electrons. The van der Waals surface area contributed by atoms with Crippen molar-refractivity contribution in [3.8, 4) is 0 Å². The molecule has 0 aromatic rings. The van der Waals surface area contributed by atoms with Crippen LogP contribution in [0, 0.1) is 5.92 Å². The number of nitrogens with zero attached hydrogens (tertiary/aromatic N) is 1. The van der Waals surface area contributed by atoms with Crippen LogP contribution in [0.1, 0.15) is 53.4 Å². The van der Waals surface area contributed by atoms with E-state index in [0.29, 0.717) is 24.5 Å². The Balaban J connectivity index is 3.00. The first-order valence-corrected chi connectivity index (χ1v) is 8.42. The lowest BCUT2D eigenvalue weighted by molar-refractivity contribution is -0.136. The summed E-state index contributed by atoms with van der Waals surface area (Å²) in [6, 6.07) is -0.652. The minimum Gasteiger partial charge on any atom is -0.499 e. The molecule has 0 aromatic heterocycles. The molecule has 0 saturated heterocycles. The molecule has 130 valence electrons. The minimum absolute atomic E-state index is 0.104. The van der Waals surface area contributed by atoms with Gasteiger partial charge in [0, 0.05) is 18.2 Å². The van der Waals surface area contributed by atoms with Crippen molar-refractivity contribution in [3.63, 3.8) is 0 Å². The molecule has 5 nitrogen and oxygen atoms in total. The lowest BCUT2D eigenvalue weighted by Crippen LogP contribution is -2.50. The van der Waals surface area contributed by atoms with Crippen molar-refractivity contribution >= 4 is 11.8 Å². The molecule has 2 atom stereocenters. The average molecular weight is 322 g/mol. The van der Waals surface area contributed by atoms with Gasteiger partial charge in [-0.05, 0) is 18.8 Å². The lowest BCUT2D eigenvalue weighted by atomic mass is 10.0. The first kappa shape index (κ1) is 19.3. The van der Waals surface area contributed by atoms with E-state index in [0.717, 1.165) is 18.6 Å². The standard InChI is InChI=1S/C18H30N2O3/c1-7-9-15-16(23-6)11-13(5)20(15)18(22)14(10-12(3)4)19-17(21)8-2/h11-12,14-15H,5,7-10H2,1-4,6H3,(H,19,21)/t14-,15-/m1/s1. The van der Waals surface area contributed by atoms with E-state index in [1.165, 1.54) is 0 Å². The normalized spacial score (nSPS) is 18.9. The molecule has 1 aliphatic heterocycles.